The minimum atomic E-state index is 0.0247. The molecule has 2 aromatic rings. The number of rotatable bonds is 22. The minimum absolute atomic E-state index is 0.0247. The van der Waals surface area contributed by atoms with Crippen molar-refractivity contribution in [2.45, 2.75) is 116 Å². The molecule has 2 fully saturated rings. The Morgan fingerprint density at radius 3 is 2.34 bits per heavy atom. The fourth-order valence-corrected chi connectivity index (χ4v) is 8.49. The zero-order valence-electron chi connectivity index (χ0n) is 32.4. The van der Waals surface area contributed by atoms with Gasteiger partial charge in [-0.25, -0.2) is 4.98 Å². The minimum Gasteiger partial charge on any atom is -0.379 e. The van der Waals surface area contributed by atoms with Crippen molar-refractivity contribution in [2.24, 2.45) is 5.92 Å². The van der Waals surface area contributed by atoms with Crippen LogP contribution in [0.1, 0.15) is 106 Å². The number of carbonyl (C=O) groups excluding carboxylic acids is 2. The first-order chi connectivity index (χ1) is 25.9. The predicted octanol–water partition coefficient (Wildman–Crippen LogP) is 5.41. The van der Waals surface area contributed by atoms with Crippen molar-refractivity contribution in [1.29, 1.82) is 0 Å². The first-order valence-corrected chi connectivity index (χ1v) is 20.1. The van der Waals surface area contributed by atoms with Gasteiger partial charge in [0.15, 0.2) is 0 Å². The van der Waals surface area contributed by atoms with E-state index in [4.69, 9.17) is 30.4 Å². The summed E-state index contributed by atoms with van der Waals surface area (Å²) in [6.45, 7) is 12.5. The van der Waals surface area contributed by atoms with Gasteiger partial charge in [0, 0.05) is 49.2 Å². The number of benzene rings is 1. The zero-order chi connectivity index (χ0) is 37.4. The molecule has 0 bridgehead atoms. The molecule has 3 heterocycles. The van der Waals surface area contributed by atoms with E-state index in [1.807, 2.05) is 11.0 Å². The molecule has 11 nitrogen and oxygen atoms in total. The number of imidazole rings is 1. The lowest BCUT2D eigenvalue weighted by molar-refractivity contribution is -0.133. The maximum absolute atomic E-state index is 13.2. The molecule has 1 saturated heterocycles. The van der Waals surface area contributed by atoms with Crippen molar-refractivity contribution >= 4 is 11.8 Å². The molecule has 3 aliphatic rings. The summed E-state index contributed by atoms with van der Waals surface area (Å²) in [5.41, 5.74) is 3.49. The van der Waals surface area contributed by atoms with Crippen LogP contribution in [0.4, 0.5) is 0 Å². The van der Waals surface area contributed by atoms with E-state index < -0.39 is 0 Å². The average molecular weight is 734 g/mol. The van der Waals surface area contributed by atoms with Gasteiger partial charge in [0.2, 0.25) is 11.8 Å². The molecule has 5 rings (SSSR count). The van der Waals surface area contributed by atoms with Crippen molar-refractivity contribution in [1.82, 2.24) is 24.7 Å². The SMILES string of the molecule is C#CCOCCOCCOCCOCCC(=O)N1CCc2c(nc(C)n2C(C)CC2CCC(C)N2CCC(NC(=O)C2CCCC2)c2ccccc2)C1. The van der Waals surface area contributed by atoms with E-state index >= 15 is 0 Å². The number of hydrogen-bond acceptors (Lipinski definition) is 8. The molecule has 0 radical (unpaired) electrons. The molecule has 2 aliphatic heterocycles. The van der Waals surface area contributed by atoms with Crippen LogP contribution in [0, 0.1) is 25.2 Å². The highest BCUT2D eigenvalue weighted by molar-refractivity contribution is 5.79. The normalized spacial score (nSPS) is 20.3. The third-order valence-corrected chi connectivity index (χ3v) is 11.3. The summed E-state index contributed by atoms with van der Waals surface area (Å²) >= 11 is 0. The molecule has 1 aromatic heterocycles. The number of amides is 2. The van der Waals surface area contributed by atoms with Crippen molar-refractivity contribution in [3.8, 4) is 12.3 Å². The second-order valence-electron chi connectivity index (χ2n) is 15.0. The van der Waals surface area contributed by atoms with Crippen LogP contribution in [0.2, 0.25) is 0 Å². The van der Waals surface area contributed by atoms with Crippen LogP contribution >= 0.6 is 0 Å². The van der Waals surface area contributed by atoms with Crippen LogP contribution in [0.3, 0.4) is 0 Å². The van der Waals surface area contributed by atoms with Crippen molar-refractivity contribution in [3.05, 3.63) is 53.1 Å². The van der Waals surface area contributed by atoms with Crippen LogP contribution in [-0.2, 0) is 41.5 Å². The van der Waals surface area contributed by atoms with Gasteiger partial charge in [-0.3, -0.25) is 14.5 Å². The van der Waals surface area contributed by atoms with Gasteiger partial charge in [-0.1, -0.05) is 49.1 Å². The first kappa shape index (κ1) is 40.9. The summed E-state index contributed by atoms with van der Waals surface area (Å²) in [5.74, 6) is 3.93. The third kappa shape index (κ3) is 12.1. The number of fused-ring (bicyclic) bond motifs is 1. The molecule has 0 spiro atoms. The number of likely N-dealkylation sites (tertiary alicyclic amines) is 1. The summed E-state index contributed by atoms with van der Waals surface area (Å²) in [6, 6.07) is 11.8. The quantitative estimate of drug-likeness (QED) is 0.127. The Morgan fingerprint density at radius 1 is 0.962 bits per heavy atom. The fraction of sp³-hybridized carbons (Fsp3) is 0.690. The Hall–Kier alpha value is -3.27. The maximum Gasteiger partial charge on any atom is 0.225 e. The average Bonchev–Trinajstić information content (AvgIpc) is 3.91. The van der Waals surface area contributed by atoms with Gasteiger partial charge >= 0.3 is 0 Å². The molecule has 4 unspecified atom stereocenters. The monoisotopic (exact) mass is 733 g/mol. The van der Waals surface area contributed by atoms with Crippen LogP contribution in [0.5, 0.6) is 0 Å². The van der Waals surface area contributed by atoms with Gasteiger partial charge in [-0.15, -0.1) is 6.42 Å². The van der Waals surface area contributed by atoms with Crippen LogP contribution in [0.25, 0.3) is 0 Å². The largest absolute Gasteiger partial charge is 0.379 e. The first-order valence-electron chi connectivity index (χ1n) is 20.1. The number of hydrogen-bond donors (Lipinski definition) is 1. The van der Waals surface area contributed by atoms with Crippen molar-refractivity contribution in [2.75, 3.05) is 65.9 Å². The highest BCUT2D eigenvalue weighted by Gasteiger charge is 2.34. The lowest BCUT2D eigenvalue weighted by Gasteiger charge is -2.33. The van der Waals surface area contributed by atoms with E-state index in [1.54, 1.807) is 0 Å². The Balaban J connectivity index is 1.05. The van der Waals surface area contributed by atoms with Gasteiger partial charge in [0.05, 0.1) is 70.9 Å². The van der Waals surface area contributed by atoms with Crippen LogP contribution < -0.4 is 5.32 Å². The highest BCUT2D eigenvalue weighted by Crippen LogP contribution is 2.34. The molecule has 1 N–H and O–H groups in total. The molecular weight excluding hydrogens is 670 g/mol. The standard InChI is InChI=1S/C42H63N5O6/c1-5-22-50-24-26-52-28-29-53-27-25-51-23-19-41(48)45-20-18-40-39(31-45)43-34(4)47(40)33(3)30-37-16-15-32(2)46(37)21-17-38(35-11-7-6-8-12-35)44-42(49)36-13-9-10-14-36/h1,6-8,11-12,32-33,36-38H,9-10,13-31H2,2-4H3,(H,44,49). The number of nitrogens with one attached hydrogen (secondary N) is 1. The summed E-state index contributed by atoms with van der Waals surface area (Å²) in [4.78, 5) is 35.9. The summed E-state index contributed by atoms with van der Waals surface area (Å²) < 4.78 is 24.2. The maximum atomic E-state index is 13.2. The van der Waals surface area contributed by atoms with E-state index in [-0.39, 0.29) is 23.8 Å². The summed E-state index contributed by atoms with van der Waals surface area (Å²) in [6.07, 6.45) is 15.0. The lowest BCUT2D eigenvalue weighted by atomic mass is 10.00. The molecule has 292 valence electrons. The fourth-order valence-electron chi connectivity index (χ4n) is 8.49. The van der Waals surface area contributed by atoms with E-state index in [1.165, 1.54) is 24.1 Å². The Kier molecular flexibility index (Phi) is 16.7. The number of aryl methyl sites for hydroxylation is 1. The number of aromatic nitrogens is 2. The molecule has 1 saturated carbocycles. The second kappa shape index (κ2) is 21.6. The van der Waals surface area contributed by atoms with Crippen molar-refractivity contribution < 1.29 is 28.5 Å². The highest BCUT2D eigenvalue weighted by atomic mass is 16.6. The smallest absolute Gasteiger partial charge is 0.225 e. The lowest BCUT2D eigenvalue weighted by Crippen LogP contribution is -2.40. The van der Waals surface area contributed by atoms with Gasteiger partial charge in [0.1, 0.15) is 12.4 Å². The predicted molar refractivity (Wildman–Crippen MR) is 205 cm³/mol. The number of ether oxygens (including phenoxy) is 4. The number of nitrogens with zero attached hydrogens (tertiary/aromatic N) is 4. The van der Waals surface area contributed by atoms with Gasteiger partial charge in [-0.2, -0.15) is 0 Å². The number of carbonyl (C=O) groups is 2. The van der Waals surface area contributed by atoms with Crippen LogP contribution in [0.15, 0.2) is 30.3 Å². The molecular formula is C42H63N5O6. The molecule has 2 amide bonds. The Bertz CT molecular complexity index is 1450. The Labute approximate surface area is 317 Å². The summed E-state index contributed by atoms with van der Waals surface area (Å²) in [5, 5.41) is 3.45. The zero-order valence-corrected chi connectivity index (χ0v) is 32.4. The molecule has 11 heteroatoms. The topological polar surface area (TPSA) is 107 Å². The molecule has 4 atom stereocenters. The molecule has 53 heavy (non-hydrogen) atoms. The molecule has 1 aliphatic carbocycles. The van der Waals surface area contributed by atoms with E-state index in [0.717, 1.165) is 63.0 Å². The second-order valence-corrected chi connectivity index (χ2v) is 15.0. The van der Waals surface area contributed by atoms with Gasteiger partial charge in [-0.05, 0) is 64.9 Å². The Morgan fingerprint density at radius 2 is 1.64 bits per heavy atom. The van der Waals surface area contributed by atoms with Crippen LogP contribution in [-0.4, -0.2) is 109 Å². The summed E-state index contributed by atoms with van der Waals surface area (Å²) in [7, 11) is 0. The van der Waals surface area contributed by atoms with E-state index in [2.05, 4.69) is 65.7 Å². The number of terminal acetylenes is 1. The van der Waals surface area contributed by atoms with Gasteiger partial charge < -0.3 is 33.7 Å². The molecule has 1 aromatic carbocycles. The van der Waals surface area contributed by atoms with Crippen molar-refractivity contribution in [3.63, 3.8) is 0 Å². The van der Waals surface area contributed by atoms with Gasteiger partial charge in [0.25, 0.3) is 0 Å². The third-order valence-electron chi connectivity index (χ3n) is 11.3. The van der Waals surface area contributed by atoms with E-state index in [0.29, 0.717) is 90.5 Å². The van der Waals surface area contributed by atoms with E-state index in [9.17, 15) is 9.59 Å².